The summed E-state index contributed by atoms with van der Waals surface area (Å²) in [6.07, 6.45) is 5.47. The third-order valence-electron chi connectivity index (χ3n) is 7.60. The molecule has 9 heteroatoms. The third kappa shape index (κ3) is 6.00. The van der Waals surface area contributed by atoms with Gasteiger partial charge in [0.2, 0.25) is 0 Å². The van der Waals surface area contributed by atoms with Gasteiger partial charge in [0, 0.05) is 56.6 Å². The maximum absolute atomic E-state index is 14.1. The third-order valence-corrected chi connectivity index (χ3v) is 7.60. The summed E-state index contributed by atoms with van der Waals surface area (Å²) in [6.45, 7) is 4.37. The molecule has 2 aromatic carbocycles. The van der Waals surface area contributed by atoms with Crippen molar-refractivity contribution >= 4 is 5.78 Å². The summed E-state index contributed by atoms with van der Waals surface area (Å²) in [5.74, 6) is -1.12. The lowest BCUT2D eigenvalue weighted by molar-refractivity contribution is -0.119. The van der Waals surface area contributed by atoms with Crippen LogP contribution in [0.2, 0.25) is 0 Å². The monoisotopic (exact) mass is 545 g/mol. The first kappa shape index (κ1) is 27.7. The molecule has 0 aliphatic carbocycles. The average Bonchev–Trinajstić information content (AvgIpc) is 3.50. The first-order chi connectivity index (χ1) is 19.3. The number of carbonyl (C=O) groups excluding carboxylic acids is 1. The average molecular weight is 546 g/mol. The van der Waals surface area contributed by atoms with Crippen LogP contribution >= 0.6 is 0 Å². The molecule has 7 nitrogen and oxygen atoms in total. The lowest BCUT2D eigenvalue weighted by Gasteiger charge is -2.20. The predicted octanol–water partition coefficient (Wildman–Crippen LogP) is 5.48. The molecule has 1 N–H and O–H groups in total. The van der Waals surface area contributed by atoms with Gasteiger partial charge < -0.3 is 10.1 Å². The largest absolute Gasteiger partial charge is 0.385 e. The fourth-order valence-corrected chi connectivity index (χ4v) is 5.56. The lowest BCUT2D eigenvalue weighted by Crippen LogP contribution is -2.26. The van der Waals surface area contributed by atoms with Crippen LogP contribution in [-0.2, 0) is 16.0 Å². The van der Waals surface area contributed by atoms with Crippen molar-refractivity contribution in [3.63, 3.8) is 0 Å². The molecule has 0 unspecified atom stereocenters. The van der Waals surface area contributed by atoms with Crippen molar-refractivity contribution in [1.82, 2.24) is 25.1 Å². The number of hydrogen-bond acceptors (Lipinski definition) is 6. The Kier molecular flexibility index (Phi) is 8.42. The van der Waals surface area contributed by atoms with Gasteiger partial charge in [-0.05, 0) is 68.0 Å². The van der Waals surface area contributed by atoms with Gasteiger partial charge in [0.25, 0.3) is 0 Å². The van der Waals surface area contributed by atoms with Gasteiger partial charge in [0.15, 0.2) is 11.6 Å². The van der Waals surface area contributed by atoms with Crippen LogP contribution in [0, 0.1) is 31.4 Å². The molecular weight excluding hydrogens is 512 g/mol. The highest BCUT2D eigenvalue weighted by Crippen LogP contribution is 2.37. The molecule has 2 aromatic heterocycles. The number of carbonyl (C=O) groups is 1. The summed E-state index contributed by atoms with van der Waals surface area (Å²) >= 11 is 0. The summed E-state index contributed by atoms with van der Waals surface area (Å²) < 4.78 is 34.8. The zero-order valence-electron chi connectivity index (χ0n) is 22.9. The molecule has 1 aliphatic heterocycles. The molecule has 0 amide bonds. The summed E-state index contributed by atoms with van der Waals surface area (Å²) in [5.41, 5.74) is 4.71. The second-order valence-electron chi connectivity index (χ2n) is 10.4. The number of nitrogens with zero attached hydrogens (tertiary/aromatic N) is 4. The van der Waals surface area contributed by atoms with Gasteiger partial charge in [-0.3, -0.25) is 4.79 Å². The van der Waals surface area contributed by atoms with Crippen LogP contribution in [0.1, 0.15) is 47.9 Å². The van der Waals surface area contributed by atoms with E-state index in [1.54, 1.807) is 25.6 Å². The number of rotatable bonds is 10. The quantitative estimate of drug-likeness (QED) is 0.284. The van der Waals surface area contributed by atoms with E-state index < -0.39 is 11.6 Å². The van der Waals surface area contributed by atoms with Crippen LogP contribution in [0.25, 0.3) is 16.9 Å². The number of nitrogens with one attached hydrogen (secondary N) is 1. The normalized spacial score (nSPS) is 18.8. The Labute approximate surface area is 232 Å². The van der Waals surface area contributed by atoms with Crippen LogP contribution in [0.4, 0.5) is 8.78 Å². The van der Waals surface area contributed by atoms with Crippen LogP contribution in [0.3, 0.4) is 0 Å². The van der Waals surface area contributed by atoms with Gasteiger partial charge in [-0.2, -0.15) is 5.10 Å². The van der Waals surface area contributed by atoms with Gasteiger partial charge in [0.05, 0.1) is 17.1 Å². The fraction of sp³-hybridized carbons (Fsp3) is 0.355. The minimum absolute atomic E-state index is 0.0543. The van der Waals surface area contributed by atoms with Crippen molar-refractivity contribution in [2.24, 2.45) is 5.92 Å². The molecule has 1 fully saturated rings. The van der Waals surface area contributed by atoms with E-state index in [1.165, 1.54) is 6.07 Å². The predicted molar refractivity (Wildman–Crippen MR) is 148 cm³/mol. The van der Waals surface area contributed by atoms with Crippen molar-refractivity contribution in [3.8, 4) is 16.9 Å². The zero-order valence-corrected chi connectivity index (χ0v) is 22.9. The first-order valence-electron chi connectivity index (χ1n) is 13.5. The van der Waals surface area contributed by atoms with Crippen molar-refractivity contribution in [2.75, 3.05) is 13.7 Å². The van der Waals surface area contributed by atoms with E-state index in [4.69, 9.17) is 9.84 Å². The Morgan fingerprint density at radius 3 is 2.52 bits per heavy atom. The van der Waals surface area contributed by atoms with Crippen molar-refractivity contribution in [2.45, 2.75) is 51.6 Å². The zero-order chi connectivity index (χ0) is 28.2. The fourth-order valence-electron chi connectivity index (χ4n) is 5.56. The number of aromatic nitrogens is 4. The molecule has 0 saturated carbocycles. The maximum Gasteiger partial charge on any atom is 0.159 e. The molecular formula is C31H33F2N5O2. The Morgan fingerprint density at radius 1 is 1.07 bits per heavy atom. The van der Waals surface area contributed by atoms with Crippen LogP contribution in [-0.4, -0.2) is 45.3 Å². The van der Waals surface area contributed by atoms with E-state index in [0.29, 0.717) is 24.4 Å². The van der Waals surface area contributed by atoms with E-state index >= 15 is 0 Å². The molecule has 4 aromatic rings. The second kappa shape index (κ2) is 12.1. The second-order valence-corrected chi connectivity index (χ2v) is 10.4. The lowest BCUT2D eigenvalue weighted by atomic mass is 9.87. The van der Waals surface area contributed by atoms with Crippen molar-refractivity contribution < 1.29 is 18.3 Å². The molecule has 40 heavy (non-hydrogen) atoms. The molecule has 3 heterocycles. The SMILES string of the molecule is COCC[C@@H]1C[C@@H](CC(=O)Cc2c(C)c(-c3cnc(C)nc3)nn2-c2ccccc2)[C@H](c2ccc(F)c(F)c2)N1. The van der Waals surface area contributed by atoms with Crippen molar-refractivity contribution in [3.05, 3.63) is 95.2 Å². The van der Waals surface area contributed by atoms with Gasteiger partial charge >= 0.3 is 0 Å². The van der Waals surface area contributed by atoms with Gasteiger partial charge in [-0.15, -0.1) is 0 Å². The van der Waals surface area contributed by atoms with E-state index in [1.807, 2.05) is 48.9 Å². The van der Waals surface area contributed by atoms with E-state index in [9.17, 15) is 13.6 Å². The summed E-state index contributed by atoms with van der Waals surface area (Å²) in [5, 5.41) is 8.41. The smallest absolute Gasteiger partial charge is 0.159 e. The Bertz CT molecular complexity index is 1470. The molecule has 1 aliphatic rings. The number of para-hydroxylation sites is 1. The summed E-state index contributed by atoms with van der Waals surface area (Å²) in [4.78, 5) is 22.3. The Hall–Kier alpha value is -3.82. The highest BCUT2D eigenvalue weighted by molar-refractivity contribution is 5.82. The number of hydrogen-bond donors (Lipinski definition) is 1. The van der Waals surface area contributed by atoms with E-state index in [-0.39, 0.29) is 30.2 Å². The molecule has 5 rings (SSSR count). The molecule has 3 atom stereocenters. The number of methoxy groups -OCH3 is 1. The van der Waals surface area contributed by atoms with E-state index in [0.717, 1.165) is 47.1 Å². The number of halogens is 2. The first-order valence-corrected chi connectivity index (χ1v) is 13.5. The number of ketones is 1. The molecule has 1 saturated heterocycles. The Balaban J connectivity index is 1.42. The number of Topliss-reactive ketones (excluding diaryl/α,β-unsaturated/α-hetero) is 1. The van der Waals surface area contributed by atoms with Crippen LogP contribution < -0.4 is 5.32 Å². The van der Waals surface area contributed by atoms with Crippen LogP contribution in [0.15, 0.2) is 60.9 Å². The minimum atomic E-state index is -0.889. The highest BCUT2D eigenvalue weighted by atomic mass is 19.2. The topological polar surface area (TPSA) is 81.9 Å². The molecule has 0 radical (unpaired) electrons. The Morgan fingerprint density at radius 2 is 1.82 bits per heavy atom. The summed E-state index contributed by atoms with van der Waals surface area (Å²) in [6, 6.07) is 13.5. The molecule has 208 valence electrons. The van der Waals surface area contributed by atoms with Crippen molar-refractivity contribution in [1.29, 1.82) is 0 Å². The number of aryl methyl sites for hydroxylation is 1. The van der Waals surface area contributed by atoms with Gasteiger partial charge in [-0.1, -0.05) is 24.3 Å². The minimum Gasteiger partial charge on any atom is -0.385 e. The molecule has 0 spiro atoms. The molecule has 0 bridgehead atoms. The number of ether oxygens (including phenoxy) is 1. The van der Waals surface area contributed by atoms with Crippen LogP contribution in [0.5, 0.6) is 0 Å². The number of benzene rings is 2. The summed E-state index contributed by atoms with van der Waals surface area (Å²) in [7, 11) is 1.65. The standard InChI is InChI=1S/C31H33F2N5O2/c1-19-29(38(25-7-5-4-6-8-25)37-30(19)23-17-34-20(2)35-18-23)16-26(39)14-22-13-24(11-12-40-3)36-31(22)21-9-10-27(32)28(33)15-21/h4-10,15,17-18,22,24,31,36H,11-14,16H2,1-3H3/t22-,24+,31-/m0/s1. The van der Waals surface area contributed by atoms with Gasteiger partial charge in [-0.25, -0.2) is 23.4 Å². The van der Waals surface area contributed by atoms with Gasteiger partial charge in [0.1, 0.15) is 11.6 Å². The maximum atomic E-state index is 14.1. The highest BCUT2D eigenvalue weighted by Gasteiger charge is 2.36. The van der Waals surface area contributed by atoms with E-state index in [2.05, 4.69) is 15.3 Å².